The van der Waals surface area contributed by atoms with Crippen molar-refractivity contribution in [2.24, 2.45) is 5.41 Å². The second-order valence-electron chi connectivity index (χ2n) is 19.2. The summed E-state index contributed by atoms with van der Waals surface area (Å²) in [4.78, 5) is 9.79. The fraction of sp³-hybridized carbons (Fsp3) is 0.314. The predicted octanol–water partition coefficient (Wildman–Crippen LogP) is 14.1. The van der Waals surface area contributed by atoms with E-state index in [9.17, 15) is 0 Å². The summed E-state index contributed by atoms with van der Waals surface area (Å²) in [5, 5.41) is 2.36. The molecule has 0 bridgehead atoms. The van der Waals surface area contributed by atoms with Crippen molar-refractivity contribution in [1.29, 1.82) is 0 Å². The monoisotopic (exact) mass is 740 g/mol. The van der Waals surface area contributed by atoms with Gasteiger partial charge in [0, 0.05) is 40.5 Å². The van der Waals surface area contributed by atoms with Crippen LogP contribution in [-0.2, 0) is 16.2 Å². The average molecular weight is 741 g/mol. The maximum absolute atomic E-state index is 6.75. The van der Waals surface area contributed by atoms with E-state index in [0.717, 1.165) is 34.0 Å². The fourth-order valence-corrected chi connectivity index (χ4v) is 7.78. The molecular formula is C51H56N4O. The van der Waals surface area contributed by atoms with Crippen LogP contribution in [0.5, 0.6) is 11.5 Å². The summed E-state index contributed by atoms with van der Waals surface area (Å²) in [5.74, 6) is 2.48. The number of fused-ring (bicyclic) bond motifs is 4. The minimum Gasteiger partial charge on any atom is -0.457 e. The zero-order chi connectivity index (χ0) is 39.8. The Morgan fingerprint density at radius 1 is 0.500 bits per heavy atom. The lowest BCUT2D eigenvalue weighted by Crippen LogP contribution is -2.34. The number of ether oxygens (including phenoxy) is 1. The van der Waals surface area contributed by atoms with Crippen molar-refractivity contribution in [3.8, 4) is 17.3 Å². The third-order valence-electron chi connectivity index (χ3n) is 12.3. The van der Waals surface area contributed by atoms with Gasteiger partial charge in [-0.25, -0.2) is 4.98 Å². The first kappa shape index (κ1) is 37.4. The molecule has 5 heteroatoms. The van der Waals surface area contributed by atoms with Crippen LogP contribution in [0.1, 0.15) is 92.9 Å². The molecule has 7 aromatic rings. The SMILES string of the molecule is CC(C)(C)c1cccc(N2CN(c3cccc(Oc4ccc5c6ccccc6n(-c6cc(C(C)(C)C(C)(C)C)ccn6)c5c4)c3)c3cc(C(C)(C)C)ccc32)c1. The molecule has 0 saturated heterocycles. The molecule has 0 aliphatic carbocycles. The van der Waals surface area contributed by atoms with Crippen LogP contribution in [0.2, 0.25) is 0 Å². The standard InChI is InChI=1S/C51H56N4O/c1-48(2,3)34-16-14-17-37(28-34)53-33-54(46-29-35(49(4,5)6)22-25-44(46)53)38-18-15-19-39(31-38)56-40-23-24-42-41-20-12-13-21-43(41)55(45(42)32-40)47-30-36(26-27-52-47)51(10,11)50(7,8)9/h12-32H,33H2,1-11H3. The van der Waals surface area contributed by atoms with Crippen LogP contribution in [0, 0.1) is 5.41 Å². The van der Waals surface area contributed by atoms with E-state index in [1.54, 1.807) is 0 Å². The van der Waals surface area contributed by atoms with E-state index in [4.69, 9.17) is 9.72 Å². The number of anilines is 4. The molecule has 5 aromatic carbocycles. The summed E-state index contributed by atoms with van der Waals surface area (Å²) >= 11 is 0. The molecule has 0 fully saturated rings. The summed E-state index contributed by atoms with van der Waals surface area (Å²) in [6, 6.07) is 43.9. The highest BCUT2D eigenvalue weighted by Crippen LogP contribution is 2.47. The van der Waals surface area contributed by atoms with Gasteiger partial charge in [0.2, 0.25) is 0 Å². The van der Waals surface area contributed by atoms with Crippen molar-refractivity contribution < 1.29 is 4.74 Å². The Hall–Kier alpha value is -5.55. The number of hydrogen-bond acceptors (Lipinski definition) is 4. The molecule has 2 aromatic heterocycles. The summed E-state index contributed by atoms with van der Waals surface area (Å²) in [6.45, 7) is 25.9. The molecule has 0 spiro atoms. The van der Waals surface area contributed by atoms with Crippen LogP contribution in [0.15, 0.2) is 128 Å². The van der Waals surface area contributed by atoms with Crippen LogP contribution in [-0.4, -0.2) is 16.2 Å². The van der Waals surface area contributed by atoms with Gasteiger partial charge < -0.3 is 14.5 Å². The smallest absolute Gasteiger partial charge is 0.137 e. The topological polar surface area (TPSA) is 33.5 Å². The zero-order valence-corrected chi connectivity index (χ0v) is 35.0. The molecule has 0 saturated carbocycles. The maximum atomic E-state index is 6.75. The predicted molar refractivity (Wildman–Crippen MR) is 237 cm³/mol. The van der Waals surface area contributed by atoms with E-state index in [-0.39, 0.29) is 21.7 Å². The number of hydrogen-bond donors (Lipinski definition) is 0. The van der Waals surface area contributed by atoms with Gasteiger partial charge in [-0.3, -0.25) is 4.57 Å². The fourth-order valence-electron chi connectivity index (χ4n) is 7.78. The summed E-state index contributed by atoms with van der Waals surface area (Å²) in [6.07, 6.45) is 1.95. The van der Waals surface area contributed by atoms with Gasteiger partial charge in [0.15, 0.2) is 0 Å². The van der Waals surface area contributed by atoms with Crippen LogP contribution >= 0.6 is 0 Å². The molecule has 5 nitrogen and oxygen atoms in total. The van der Waals surface area contributed by atoms with E-state index in [1.165, 1.54) is 44.5 Å². The Morgan fingerprint density at radius 3 is 1.88 bits per heavy atom. The molecule has 0 radical (unpaired) electrons. The van der Waals surface area contributed by atoms with Crippen LogP contribution < -0.4 is 14.5 Å². The Kier molecular flexibility index (Phi) is 8.87. The summed E-state index contributed by atoms with van der Waals surface area (Å²) in [5.41, 5.74) is 10.9. The number of para-hydroxylation sites is 1. The van der Waals surface area contributed by atoms with Crippen LogP contribution in [0.3, 0.4) is 0 Å². The van der Waals surface area contributed by atoms with Crippen LogP contribution in [0.25, 0.3) is 27.6 Å². The van der Waals surface area contributed by atoms with E-state index in [1.807, 2.05) is 6.20 Å². The van der Waals surface area contributed by atoms with Gasteiger partial charge in [0.25, 0.3) is 0 Å². The number of benzene rings is 5. The lowest BCUT2D eigenvalue weighted by atomic mass is 9.65. The molecule has 0 atom stereocenters. The Balaban J connectivity index is 1.18. The van der Waals surface area contributed by atoms with Crippen molar-refractivity contribution in [2.45, 2.75) is 92.4 Å². The Labute approximate surface area is 333 Å². The van der Waals surface area contributed by atoms with Gasteiger partial charge in [-0.05, 0) is 105 Å². The van der Waals surface area contributed by atoms with E-state index in [2.05, 4.69) is 212 Å². The van der Waals surface area contributed by atoms with Gasteiger partial charge in [-0.1, -0.05) is 119 Å². The highest BCUT2D eigenvalue weighted by Gasteiger charge is 2.35. The summed E-state index contributed by atoms with van der Waals surface area (Å²) < 4.78 is 9.04. The molecule has 286 valence electrons. The van der Waals surface area contributed by atoms with Gasteiger partial charge in [0.05, 0.1) is 22.4 Å². The van der Waals surface area contributed by atoms with Gasteiger partial charge in [0.1, 0.15) is 24.0 Å². The largest absolute Gasteiger partial charge is 0.457 e. The van der Waals surface area contributed by atoms with E-state index < -0.39 is 0 Å². The molecule has 8 rings (SSSR count). The lowest BCUT2D eigenvalue weighted by molar-refractivity contribution is 0.225. The minimum absolute atomic E-state index is 0.0198. The van der Waals surface area contributed by atoms with E-state index >= 15 is 0 Å². The van der Waals surface area contributed by atoms with Crippen LogP contribution in [0.4, 0.5) is 22.7 Å². The minimum atomic E-state index is -0.0552. The summed E-state index contributed by atoms with van der Waals surface area (Å²) in [7, 11) is 0. The average Bonchev–Trinajstić information content (AvgIpc) is 3.70. The first-order valence-electron chi connectivity index (χ1n) is 20.0. The van der Waals surface area contributed by atoms with Gasteiger partial charge in [-0.2, -0.15) is 0 Å². The molecular weight excluding hydrogens is 685 g/mol. The third-order valence-corrected chi connectivity index (χ3v) is 12.3. The lowest BCUT2D eigenvalue weighted by Gasteiger charge is -2.39. The van der Waals surface area contributed by atoms with Gasteiger partial charge in [-0.15, -0.1) is 0 Å². The highest BCUT2D eigenvalue weighted by atomic mass is 16.5. The Bertz CT molecular complexity index is 2590. The molecule has 3 heterocycles. The number of aromatic nitrogens is 2. The highest BCUT2D eigenvalue weighted by molar-refractivity contribution is 6.09. The zero-order valence-electron chi connectivity index (χ0n) is 35.0. The van der Waals surface area contributed by atoms with Crippen molar-refractivity contribution in [3.05, 3.63) is 144 Å². The third kappa shape index (κ3) is 6.61. The maximum Gasteiger partial charge on any atom is 0.137 e. The van der Waals surface area contributed by atoms with Crippen molar-refractivity contribution in [3.63, 3.8) is 0 Å². The van der Waals surface area contributed by atoms with Gasteiger partial charge >= 0.3 is 0 Å². The molecule has 0 amide bonds. The number of pyridine rings is 1. The van der Waals surface area contributed by atoms with Crippen molar-refractivity contribution in [1.82, 2.24) is 9.55 Å². The molecule has 56 heavy (non-hydrogen) atoms. The number of nitrogens with zero attached hydrogens (tertiary/aromatic N) is 4. The molecule has 0 unspecified atom stereocenters. The normalized spacial score (nSPS) is 13.8. The second kappa shape index (κ2) is 13.3. The van der Waals surface area contributed by atoms with E-state index in [0.29, 0.717) is 6.67 Å². The molecule has 0 N–H and O–H groups in total. The molecule has 1 aliphatic heterocycles. The molecule has 1 aliphatic rings. The quantitative estimate of drug-likeness (QED) is 0.170. The first-order valence-corrected chi connectivity index (χ1v) is 20.0. The second-order valence-corrected chi connectivity index (χ2v) is 19.2. The Morgan fingerprint density at radius 2 is 1.14 bits per heavy atom. The number of rotatable bonds is 6. The van der Waals surface area contributed by atoms with Crippen molar-refractivity contribution in [2.75, 3.05) is 16.5 Å². The van der Waals surface area contributed by atoms with Crippen molar-refractivity contribution >= 4 is 44.6 Å². The first-order chi connectivity index (χ1) is 26.4.